The number of benzene rings is 2. The third-order valence-electron chi connectivity index (χ3n) is 4.06. The number of guanidine groups is 1. The molecule has 2 rings (SSSR count). The van der Waals surface area contributed by atoms with E-state index in [1.165, 1.54) is 11.1 Å². The van der Waals surface area contributed by atoms with Crippen molar-refractivity contribution in [3.8, 4) is 11.5 Å². The number of ether oxygens (including phenoxy) is 2. The van der Waals surface area contributed by atoms with E-state index in [9.17, 15) is 0 Å². The van der Waals surface area contributed by atoms with Crippen LogP contribution in [0.15, 0.2) is 47.5 Å². The van der Waals surface area contributed by atoms with Gasteiger partial charge in [0.15, 0.2) is 5.96 Å². The molecule has 2 aromatic rings. The lowest BCUT2D eigenvalue weighted by molar-refractivity contribution is 0.409. The van der Waals surface area contributed by atoms with Gasteiger partial charge in [-0.1, -0.05) is 24.3 Å². The van der Waals surface area contributed by atoms with Crippen LogP contribution in [0.4, 0.5) is 0 Å². The van der Waals surface area contributed by atoms with Crippen LogP contribution in [0.2, 0.25) is 0 Å². The average Bonchev–Trinajstić information content (AvgIpc) is 2.67. The Morgan fingerprint density at radius 1 is 1.00 bits per heavy atom. The molecule has 0 saturated heterocycles. The van der Waals surface area contributed by atoms with E-state index in [0.717, 1.165) is 42.5 Å². The topological polar surface area (TPSA) is 54.9 Å². The summed E-state index contributed by atoms with van der Waals surface area (Å²) in [7, 11) is 3.37. The largest absolute Gasteiger partial charge is 0.497 e. The highest BCUT2D eigenvalue weighted by Gasteiger charge is 2.04. The van der Waals surface area contributed by atoms with Crippen LogP contribution in [0.5, 0.6) is 11.5 Å². The van der Waals surface area contributed by atoms with Crippen molar-refractivity contribution < 1.29 is 9.47 Å². The molecule has 0 heterocycles. The first-order chi connectivity index (χ1) is 12.7. The van der Waals surface area contributed by atoms with Crippen molar-refractivity contribution >= 4 is 5.96 Å². The van der Waals surface area contributed by atoms with Crippen LogP contribution in [-0.2, 0) is 13.0 Å². The maximum Gasteiger partial charge on any atom is 0.191 e. The monoisotopic (exact) mass is 355 g/mol. The Morgan fingerprint density at radius 2 is 1.77 bits per heavy atom. The van der Waals surface area contributed by atoms with Gasteiger partial charge in [0.2, 0.25) is 0 Å². The minimum atomic E-state index is 0.571. The molecule has 5 heteroatoms. The summed E-state index contributed by atoms with van der Waals surface area (Å²) in [5.74, 6) is 2.56. The summed E-state index contributed by atoms with van der Waals surface area (Å²) in [6, 6.07) is 14.3. The van der Waals surface area contributed by atoms with Gasteiger partial charge in [0.1, 0.15) is 11.5 Å². The van der Waals surface area contributed by atoms with E-state index in [2.05, 4.69) is 53.7 Å². The van der Waals surface area contributed by atoms with Gasteiger partial charge < -0.3 is 20.1 Å². The van der Waals surface area contributed by atoms with E-state index < -0.39 is 0 Å². The fraction of sp³-hybridized carbons (Fsp3) is 0.381. The summed E-state index contributed by atoms with van der Waals surface area (Å²) in [4.78, 5) is 4.67. The first-order valence-electron chi connectivity index (χ1n) is 8.95. The zero-order valence-electron chi connectivity index (χ0n) is 16.1. The van der Waals surface area contributed by atoms with Crippen molar-refractivity contribution in [2.75, 3.05) is 27.3 Å². The maximum atomic E-state index is 5.46. The lowest BCUT2D eigenvalue weighted by atomic mass is 10.1. The highest BCUT2D eigenvalue weighted by Crippen LogP contribution is 2.20. The number of aryl methyl sites for hydroxylation is 1. The van der Waals surface area contributed by atoms with Gasteiger partial charge in [-0.25, -0.2) is 4.99 Å². The summed E-state index contributed by atoms with van der Waals surface area (Å²) in [5.41, 5.74) is 3.51. The van der Waals surface area contributed by atoms with Crippen molar-refractivity contribution in [2.45, 2.75) is 26.8 Å². The summed E-state index contributed by atoms with van der Waals surface area (Å²) in [6.07, 6.45) is 0.919. The number of methoxy groups -OCH3 is 2. The Hall–Kier alpha value is -2.69. The van der Waals surface area contributed by atoms with E-state index in [4.69, 9.17) is 9.47 Å². The molecular formula is C21H29N3O2. The molecule has 0 radical (unpaired) electrons. The molecule has 5 nitrogen and oxygen atoms in total. The van der Waals surface area contributed by atoms with Gasteiger partial charge in [-0.3, -0.25) is 0 Å². The predicted octanol–water partition coefficient (Wildman–Crippen LogP) is 3.31. The van der Waals surface area contributed by atoms with Gasteiger partial charge in [-0.2, -0.15) is 0 Å². The molecule has 0 aromatic heterocycles. The number of hydrogen-bond donors (Lipinski definition) is 2. The molecule has 0 atom stereocenters. The van der Waals surface area contributed by atoms with Gasteiger partial charge in [0, 0.05) is 18.7 Å². The summed E-state index contributed by atoms with van der Waals surface area (Å²) in [6.45, 7) is 6.32. The fourth-order valence-corrected chi connectivity index (χ4v) is 2.61. The minimum absolute atomic E-state index is 0.571. The van der Waals surface area contributed by atoms with E-state index in [1.807, 2.05) is 18.2 Å². The molecule has 2 aromatic carbocycles. The smallest absolute Gasteiger partial charge is 0.191 e. The quantitative estimate of drug-likeness (QED) is 0.563. The first kappa shape index (κ1) is 19.6. The molecule has 0 aliphatic carbocycles. The lowest BCUT2D eigenvalue weighted by Gasteiger charge is -2.12. The third-order valence-corrected chi connectivity index (χ3v) is 4.06. The number of hydrogen-bond acceptors (Lipinski definition) is 3. The highest BCUT2D eigenvalue weighted by molar-refractivity contribution is 5.79. The summed E-state index contributed by atoms with van der Waals surface area (Å²) in [5, 5.41) is 6.67. The Morgan fingerprint density at radius 3 is 2.42 bits per heavy atom. The molecule has 2 N–H and O–H groups in total. The number of nitrogens with zero attached hydrogens (tertiary/aromatic N) is 1. The van der Waals surface area contributed by atoms with Crippen molar-refractivity contribution in [1.29, 1.82) is 0 Å². The highest BCUT2D eigenvalue weighted by atomic mass is 16.5. The van der Waals surface area contributed by atoms with E-state index in [-0.39, 0.29) is 0 Å². The van der Waals surface area contributed by atoms with Crippen LogP contribution >= 0.6 is 0 Å². The predicted molar refractivity (Wildman–Crippen MR) is 107 cm³/mol. The molecule has 26 heavy (non-hydrogen) atoms. The normalized spacial score (nSPS) is 11.2. The zero-order chi connectivity index (χ0) is 18.8. The van der Waals surface area contributed by atoms with Gasteiger partial charge in [-0.05, 0) is 49.6 Å². The molecule has 0 bridgehead atoms. The summed E-state index contributed by atoms with van der Waals surface area (Å²) >= 11 is 0. The SMILES string of the molecule is CCNC(=NCc1ccc(C)cc1OC)NCCc1ccc(OC)cc1. The van der Waals surface area contributed by atoms with Crippen LogP contribution in [-0.4, -0.2) is 33.3 Å². The molecule has 0 amide bonds. The average molecular weight is 355 g/mol. The second-order valence-corrected chi connectivity index (χ2v) is 6.04. The lowest BCUT2D eigenvalue weighted by Crippen LogP contribution is -2.38. The zero-order valence-corrected chi connectivity index (χ0v) is 16.1. The fourth-order valence-electron chi connectivity index (χ4n) is 2.61. The van der Waals surface area contributed by atoms with Crippen molar-refractivity contribution in [1.82, 2.24) is 10.6 Å². The van der Waals surface area contributed by atoms with Crippen LogP contribution in [0, 0.1) is 6.92 Å². The van der Waals surface area contributed by atoms with E-state index in [1.54, 1.807) is 14.2 Å². The first-order valence-corrected chi connectivity index (χ1v) is 8.95. The van der Waals surface area contributed by atoms with Gasteiger partial charge in [0.05, 0.1) is 20.8 Å². The molecule has 0 unspecified atom stereocenters. The van der Waals surface area contributed by atoms with Crippen LogP contribution in [0.1, 0.15) is 23.6 Å². The molecule has 0 aliphatic heterocycles. The van der Waals surface area contributed by atoms with E-state index >= 15 is 0 Å². The molecule has 0 aliphatic rings. The molecule has 140 valence electrons. The molecular weight excluding hydrogens is 326 g/mol. The Balaban J connectivity index is 1.93. The van der Waals surface area contributed by atoms with Gasteiger partial charge in [0.25, 0.3) is 0 Å². The molecule has 0 saturated carbocycles. The molecule has 0 spiro atoms. The van der Waals surface area contributed by atoms with Gasteiger partial charge >= 0.3 is 0 Å². The van der Waals surface area contributed by atoms with Crippen LogP contribution < -0.4 is 20.1 Å². The number of rotatable bonds is 8. The maximum absolute atomic E-state index is 5.46. The molecule has 0 fully saturated rings. The number of nitrogens with one attached hydrogen (secondary N) is 2. The number of aliphatic imine (C=N–C) groups is 1. The second kappa shape index (κ2) is 10.3. The van der Waals surface area contributed by atoms with Crippen molar-refractivity contribution in [2.24, 2.45) is 4.99 Å². The van der Waals surface area contributed by atoms with Crippen molar-refractivity contribution in [3.05, 3.63) is 59.2 Å². The minimum Gasteiger partial charge on any atom is -0.497 e. The van der Waals surface area contributed by atoms with E-state index in [0.29, 0.717) is 6.54 Å². The Labute approximate surface area is 156 Å². The van der Waals surface area contributed by atoms with Gasteiger partial charge in [-0.15, -0.1) is 0 Å². The van der Waals surface area contributed by atoms with Crippen molar-refractivity contribution in [3.63, 3.8) is 0 Å². The third kappa shape index (κ3) is 5.99. The Kier molecular flexibility index (Phi) is 7.80. The Bertz CT molecular complexity index is 712. The van der Waals surface area contributed by atoms with Crippen LogP contribution in [0.25, 0.3) is 0 Å². The summed E-state index contributed by atoms with van der Waals surface area (Å²) < 4.78 is 10.6. The second-order valence-electron chi connectivity index (χ2n) is 6.04. The van der Waals surface area contributed by atoms with Crippen LogP contribution in [0.3, 0.4) is 0 Å². The standard InChI is InChI=1S/C21H29N3O2/c1-5-22-21(23-13-12-17-7-10-19(25-3)11-8-17)24-15-18-9-6-16(2)14-20(18)26-4/h6-11,14H,5,12-13,15H2,1-4H3,(H2,22,23,24).